The quantitative estimate of drug-likeness (QED) is 0.407. The number of carbonyl (C=O) groups excluding carboxylic acids is 1. The van der Waals surface area contributed by atoms with E-state index < -0.39 is 16.3 Å². The maximum Gasteiger partial charge on any atom is 0.280 e. The Labute approximate surface area is 158 Å². The number of hydrogen-bond donors (Lipinski definition) is 1. The van der Waals surface area contributed by atoms with Crippen LogP contribution in [-0.2, 0) is 0 Å². The van der Waals surface area contributed by atoms with Crippen LogP contribution >= 0.6 is 22.7 Å². The maximum absolute atomic E-state index is 12.5. The molecule has 27 heavy (non-hydrogen) atoms. The Morgan fingerprint density at radius 2 is 2.04 bits per heavy atom. The van der Waals surface area contributed by atoms with Gasteiger partial charge in [0.05, 0.1) is 26.3 Å². The fourth-order valence-electron chi connectivity index (χ4n) is 2.40. The highest BCUT2D eigenvalue weighted by molar-refractivity contribution is 7.16. The van der Waals surface area contributed by atoms with Gasteiger partial charge >= 0.3 is 0 Å². The van der Waals surface area contributed by atoms with Gasteiger partial charge in [-0.1, -0.05) is 12.1 Å². The molecule has 0 aliphatic carbocycles. The van der Waals surface area contributed by atoms with Gasteiger partial charge in [-0.2, -0.15) is 0 Å². The van der Waals surface area contributed by atoms with Gasteiger partial charge in [-0.15, -0.1) is 22.7 Å². The third kappa shape index (κ3) is 3.23. The lowest BCUT2D eigenvalue weighted by Crippen LogP contribution is -2.21. The Balaban J connectivity index is 1.59. The van der Waals surface area contributed by atoms with Crippen LogP contribution < -0.4 is 10.7 Å². The molecule has 0 saturated heterocycles. The van der Waals surface area contributed by atoms with Gasteiger partial charge in [0.15, 0.2) is 5.13 Å². The molecule has 0 radical (unpaired) electrons. The van der Waals surface area contributed by atoms with Crippen molar-refractivity contribution in [2.45, 2.75) is 0 Å². The van der Waals surface area contributed by atoms with E-state index in [0.29, 0.717) is 21.5 Å². The van der Waals surface area contributed by atoms with Crippen LogP contribution in [0.25, 0.3) is 21.5 Å². The number of aromatic nitrogens is 1. The number of amides is 1. The third-order valence-corrected chi connectivity index (χ3v) is 5.40. The molecular weight excluding hydrogens is 390 g/mol. The number of thiophene rings is 1. The Morgan fingerprint density at radius 1 is 1.22 bits per heavy atom. The van der Waals surface area contributed by atoms with Crippen LogP contribution in [0.4, 0.5) is 10.8 Å². The Hall–Kier alpha value is -3.37. The second-order valence-electron chi connectivity index (χ2n) is 5.39. The highest BCUT2D eigenvalue weighted by Gasteiger charge is 2.17. The molecule has 0 saturated carbocycles. The molecule has 4 aromatic rings. The largest absolute Gasteiger partial charge is 0.463 e. The van der Waals surface area contributed by atoms with Crippen molar-refractivity contribution in [2.75, 3.05) is 5.32 Å². The van der Waals surface area contributed by atoms with E-state index in [1.165, 1.54) is 22.8 Å². The minimum Gasteiger partial charge on any atom is -0.463 e. The Kier molecular flexibility index (Phi) is 4.26. The maximum atomic E-state index is 12.5. The highest BCUT2D eigenvalue weighted by atomic mass is 32.1. The minimum absolute atomic E-state index is 0.0117. The predicted molar refractivity (Wildman–Crippen MR) is 103 cm³/mol. The molecule has 0 fully saturated rings. The molecule has 0 atom stereocenters. The Morgan fingerprint density at radius 3 is 2.81 bits per heavy atom. The average molecular weight is 399 g/mol. The molecule has 0 bridgehead atoms. The van der Waals surface area contributed by atoms with E-state index in [1.807, 2.05) is 0 Å². The molecule has 8 nitrogen and oxygen atoms in total. The van der Waals surface area contributed by atoms with Gasteiger partial charge in [-0.3, -0.25) is 25.0 Å². The molecule has 4 rings (SSSR count). The van der Waals surface area contributed by atoms with Crippen LogP contribution in [0.1, 0.15) is 10.4 Å². The first kappa shape index (κ1) is 17.1. The van der Waals surface area contributed by atoms with Crippen molar-refractivity contribution in [3.8, 4) is 10.6 Å². The molecule has 1 amide bonds. The number of hydrogen-bond acceptors (Lipinski definition) is 8. The number of anilines is 1. The molecule has 1 aromatic carbocycles. The zero-order valence-electron chi connectivity index (χ0n) is 13.4. The highest BCUT2D eigenvalue weighted by Crippen LogP contribution is 2.32. The van der Waals surface area contributed by atoms with E-state index in [4.69, 9.17) is 4.42 Å². The van der Waals surface area contributed by atoms with E-state index in [2.05, 4.69) is 10.3 Å². The molecule has 10 heteroatoms. The summed E-state index contributed by atoms with van der Waals surface area (Å²) in [5.41, 5.74) is 0.341. The summed E-state index contributed by atoms with van der Waals surface area (Å²) in [7, 11) is 0. The second kappa shape index (κ2) is 6.74. The van der Waals surface area contributed by atoms with Crippen molar-refractivity contribution < 1.29 is 14.1 Å². The van der Waals surface area contributed by atoms with E-state index in [0.717, 1.165) is 17.6 Å². The number of nitrogens with zero attached hydrogens (tertiary/aromatic N) is 2. The summed E-state index contributed by atoms with van der Waals surface area (Å²) in [6.07, 6.45) is 1.12. The van der Waals surface area contributed by atoms with Crippen molar-refractivity contribution in [1.82, 2.24) is 4.98 Å². The van der Waals surface area contributed by atoms with E-state index >= 15 is 0 Å². The number of nitrogens with one attached hydrogen (secondary N) is 1. The number of rotatable bonds is 4. The fourth-order valence-corrected chi connectivity index (χ4v) is 4.00. The molecule has 3 aromatic heterocycles. The normalized spacial score (nSPS) is 10.8. The van der Waals surface area contributed by atoms with Crippen LogP contribution in [0.5, 0.6) is 0 Å². The molecule has 1 N–H and O–H groups in total. The van der Waals surface area contributed by atoms with Crippen molar-refractivity contribution in [3.63, 3.8) is 0 Å². The van der Waals surface area contributed by atoms with E-state index in [-0.39, 0.29) is 16.4 Å². The predicted octanol–water partition coefficient (Wildman–Crippen LogP) is 4.14. The zero-order valence-corrected chi connectivity index (χ0v) is 15.0. The topological polar surface area (TPSA) is 115 Å². The number of benzene rings is 1. The molecule has 3 heterocycles. The molecule has 0 unspecified atom stereocenters. The SMILES string of the molecule is O=C(Nc1nc(-c2cc([N+](=O)[O-])cs2)cs1)c1coc2ccccc2c1=O. The van der Waals surface area contributed by atoms with Gasteiger partial charge in [0, 0.05) is 11.4 Å². The molecule has 0 spiro atoms. The number of carbonyl (C=O) groups is 1. The van der Waals surface area contributed by atoms with Crippen molar-refractivity contribution in [2.24, 2.45) is 0 Å². The van der Waals surface area contributed by atoms with Crippen LogP contribution in [0, 0.1) is 10.1 Å². The van der Waals surface area contributed by atoms with E-state index in [9.17, 15) is 19.7 Å². The monoisotopic (exact) mass is 399 g/mol. The molecule has 0 aliphatic rings. The standard InChI is InChI=1S/C17H9N3O5S2/c21-15-10-3-1-2-4-13(10)25-6-11(15)16(22)19-17-18-12(8-27-17)14-5-9(7-26-14)20(23)24/h1-8H,(H,18,19,22). The summed E-state index contributed by atoms with van der Waals surface area (Å²) < 4.78 is 5.34. The van der Waals surface area contributed by atoms with Crippen LogP contribution in [-0.4, -0.2) is 15.8 Å². The number of fused-ring (bicyclic) bond motifs is 1. The summed E-state index contributed by atoms with van der Waals surface area (Å²) >= 11 is 2.34. The number of thiazole rings is 1. The van der Waals surface area contributed by atoms with Crippen LogP contribution in [0.2, 0.25) is 0 Å². The lowest BCUT2D eigenvalue weighted by molar-refractivity contribution is -0.384. The second-order valence-corrected chi connectivity index (χ2v) is 7.16. The summed E-state index contributed by atoms with van der Waals surface area (Å²) in [6.45, 7) is 0. The molecule has 134 valence electrons. The Bertz CT molecular complexity index is 1240. The number of para-hydroxylation sites is 1. The van der Waals surface area contributed by atoms with Gasteiger partial charge in [-0.05, 0) is 12.1 Å². The van der Waals surface area contributed by atoms with Crippen molar-refractivity contribution >= 4 is 50.4 Å². The third-order valence-electron chi connectivity index (χ3n) is 3.70. The lowest BCUT2D eigenvalue weighted by Gasteiger charge is -2.02. The van der Waals surface area contributed by atoms with Gasteiger partial charge in [0.2, 0.25) is 5.43 Å². The fraction of sp³-hybridized carbons (Fsp3) is 0. The first-order valence-corrected chi connectivity index (χ1v) is 9.29. The van der Waals surface area contributed by atoms with E-state index in [1.54, 1.807) is 29.6 Å². The minimum atomic E-state index is -0.632. The van der Waals surface area contributed by atoms with Crippen LogP contribution in [0.15, 0.2) is 56.6 Å². The average Bonchev–Trinajstić information content (AvgIpc) is 3.31. The molecular formula is C17H9N3O5S2. The summed E-state index contributed by atoms with van der Waals surface area (Å²) in [6, 6.07) is 8.07. The zero-order chi connectivity index (χ0) is 19.0. The van der Waals surface area contributed by atoms with Gasteiger partial charge in [0.25, 0.3) is 11.6 Å². The summed E-state index contributed by atoms with van der Waals surface area (Å²) in [5.74, 6) is -0.632. The first-order chi connectivity index (χ1) is 13.0. The first-order valence-electron chi connectivity index (χ1n) is 7.53. The van der Waals surface area contributed by atoms with Crippen molar-refractivity contribution in [1.29, 1.82) is 0 Å². The number of nitro groups is 1. The van der Waals surface area contributed by atoms with Gasteiger partial charge < -0.3 is 4.42 Å². The van der Waals surface area contributed by atoms with Gasteiger partial charge in [-0.25, -0.2) is 4.98 Å². The van der Waals surface area contributed by atoms with Crippen LogP contribution in [0.3, 0.4) is 0 Å². The lowest BCUT2D eigenvalue weighted by atomic mass is 10.1. The molecule has 0 aliphatic heterocycles. The smallest absolute Gasteiger partial charge is 0.280 e. The van der Waals surface area contributed by atoms with Crippen molar-refractivity contribution in [3.05, 3.63) is 73.3 Å². The summed E-state index contributed by atoms with van der Waals surface area (Å²) in [4.78, 5) is 40.0. The van der Waals surface area contributed by atoms with Gasteiger partial charge in [0.1, 0.15) is 17.4 Å². The summed E-state index contributed by atoms with van der Waals surface area (Å²) in [5, 5.41) is 17.0.